The van der Waals surface area contributed by atoms with Gasteiger partial charge in [-0.3, -0.25) is 4.98 Å². The van der Waals surface area contributed by atoms with Gasteiger partial charge in [0.25, 0.3) is 0 Å². The van der Waals surface area contributed by atoms with E-state index in [1.165, 1.54) is 16.7 Å². The zero-order valence-corrected chi connectivity index (χ0v) is 16.2. The first kappa shape index (κ1) is 16.7. The molecular formula is C25H20N2O. The number of fused-ring (bicyclic) bond motifs is 3. The Labute approximate surface area is 163 Å². The molecule has 2 aromatic carbocycles. The highest BCUT2D eigenvalue weighted by Gasteiger charge is 2.18. The molecule has 0 radical (unpaired) electrons. The van der Waals surface area contributed by atoms with Gasteiger partial charge in [-0.25, -0.2) is 4.98 Å². The van der Waals surface area contributed by atoms with Crippen LogP contribution >= 0.6 is 0 Å². The summed E-state index contributed by atoms with van der Waals surface area (Å²) in [5, 5.41) is 2.17. The first-order valence-electron chi connectivity index (χ1n) is 9.43. The van der Waals surface area contributed by atoms with Crippen LogP contribution in [0.5, 0.6) is 0 Å². The molecule has 0 saturated carbocycles. The van der Waals surface area contributed by atoms with Crippen molar-refractivity contribution >= 4 is 22.1 Å². The summed E-state index contributed by atoms with van der Waals surface area (Å²) in [6.45, 7) is 6.37. The normalized spacial score (nSPS) is 11.4. The SMILES string of the molecule is Cc1cc(-c2c(C)cc(C)c3c2oc2ncccc23)ncc1-c1ccccc1. The molecule has 0 unspecified atom stereocenters. The van der Waals surface area contributed by atoms with Crippen LogP contribution in [0.15, 0.2) is 71.4 Å². The lowest BCUT2D eigenvalue weighted by Gasteiger charge is -2.12. The molecule has 3 aromatic heterocycles. The second kappa shape index (κ2) is 6.31. The van der Waals surface area contributed by atoms with E-state index < -0.39 is 0 Å². The number of rotatable bonds is 2. The highest BCUT2D eigenvalue weighted by atomic mass is 16.3. The van der Waals surface area contributed by atoms with Gasteiger partial charge < -0.3 is 4.42 Å². The molecule has 0 spiro atoms. The van der Waals surface area contributed by atoms with Gasteiger partial charge in [0, 0.05) is 34.3 Å². The van der Waals surface area contributed by atoms with Crippen LogP contribution in [0.1, 0.15) is 16.7 Å². The Morgan fingerprint density at radius 1 is 0.786 bits per heavy atom. The van der Waals surface area contributed by atoms with E-state index in [9.17, 15) is 0 Å². The number of hydrogen-bond donors (Lipinski definition) is 0. The van der Waals surface area contributed by atoms with Crippen LogP contribution in [-0.4, -0.2) is 9.97 Å². The van der Waals surface area contributed by atoms with Gasteiger partial charge in [0.1, 0.15) is 5.58 Å². The molecule has 136 valence electrons. The molecule has 28 heavy (non-hydrogen) atoms. The van der Waals surface area contributed by atoms with Crippen LogP contribution in [0.4, 0.5) is 0 Å². The largest absolute Gasteiger partial charge is 0.437 e. The first-order valence-corrected chi connectivity index (χ1v) is 9.43. The number of benzene rings is 2. The summed E-state index contributed by atoms with van der Waals surface area (Å²) in [5.74, 6) is 0. The molecule has 0 atom stereocenters. The number of pyridine rings is 2. The van der Waals surface area contributed by atoms with Crippen molar-refractivity contribution in [3.8, 4) is 22.4 Å². The average molecular weight is 364 g/mol. The number of aromatic nitrogens is 2. The molecule has 0 aliphatic rings. The van der Waals surface area contributed by atoms with Crippen molar-refractivity contribution in [2.75, 3.05) is 0 Å². The number of nitrogens with zero attached hydrogens (tertiary/aromatic N) is 2. The highest BCUT2D eigenvalue weighted by molar-refractivity contribution is 6.10. The van der Waals surface area contributed by atoms with Gasteiger partial charge >= 0.3 is 0 Å². The fourth-order valence-electron chi connectivity index (χ4n) is 4.08. The summed E-state index contributed by atoms with van der Waals surface area (Å²) in [4.78, 5) is 9.22. The van der Waals surface area contributed by atoms with E-state index >= 15 is 0 Å². The van der Waals surface area contributed by atoms with Gasteiger partial charge in [-0.05, 0) is 61.2 Å². The Hall–Kier alpha value is -3.46. The fourth-order valence-corrected chi connectivity index (χ4v) is 4.08. The lowest BCUT2D eigenvalue weighted by Crippen LogP contribution is -1.93. The zero-order chi connectivity index (χ0) is 19.3. The molecule has 0 aliphatic heterocycles. The minimum absolute atomic E-state index is 0.671. The molecule has 3 heteroatoms. The third-order valence-corrected chi connectivity index (χ3v) is 5.37. The predicted octanol–water partition coefficient (Wildman–Crippen LogP) is 6.64. The van der Waals surface area contributed by atoms with E-state index in [-0.39, 0.29) is 0 Å². The number of hydrogen-bond acceptors (Lipinski definition) is 3. The summed E-state index contributed by atoms with van der Waals surface area (Å²) in [6.07, 6.45) is 3.73. The second-order valence-electron chi connectivity index (χ2n) is 7.30. The maximum atomic E-state index is 6.20. The minimum atomic E-state index is 0.671. The van der Waals surface area contributed by atoms with Gasteiger partial charge in [0.2, 0.25) is 5.71 Å². The molecule has 0 N–H and O–H groups in total. The molecular weight excluding hydrogens is 344 g/mol. The van der Waals surface area contributed by atoms with E-state index in [1.807, 2.05) is 18.3 Å². The molecule has 0 aliphatic carbocycles. The lowest BCUT2D eigenvalue weighted by atomic mass is 9.95. The van der Waals surface area contributed by atoms with Crippen molar-refractivity contribution in [1.29, 1.82) is 0 Å². The Kier molecular flexibility index (Phi) is 3.76. The zero-order valence-electron chi connectivity index (χ0n) is 16.2. The van der Waals surface area contributed by atoms with E-state index in [0.717, 1.165) is 38.7 Å². The fraction of sp³-hybridized carbons (Fsp3) is 0.120. The van der Waals surface area contributed by atoms with Gasteiger partial charge in [-0.1, -0.05) is 36.4 Å². The first-order chi connectivity index (χ1) is 13.6. The molecule has 3 heterocycles. The minimum Gasteiger partial charge on any atom is -0.437 e. The Bertz CT molecular complexity index is 1330. The standard InChI is InChI=1S/C25H20N2O/c1-15-13-21(27-14-20(15)18-8-5-4-6-9-18)23-17(3)12-16(2)22-19-10-7-11-26-25(19)28-24(22)23/h4-14H,1-3H3. The monoisotopic (exact) mass is 364 g/mol. The maximum absolute atomic E-state index is 6.20. The lowest BCUT2D eigenvalue weighted by molar-refractivity contribution is 0.654. The quantitative estimate of drug-likeness (QED) is 0.353. The van der Waals surface area contributed by atoms with E-state index in [0.29, 0.717) is 5.71 Å². The third-order valence-electron chi connectivity index (χ3n) is 5.37. The number of aryl methyl sites for hydroxylation is 3. The molecule has 0 bridgehead atoms. The van der Waals surface area contributed by atoms with Crippen LogP contribution in [0.2, 0.25) is 0 Å². The summed E-state index contributed by atoms with van der Waals surface area (Å²) in [7, 11) is 0. The van der Waals surface area contributed by atoms with Crippen molar-refractivity contribution in [3.05, 3.63) is 83.7 Å². The molecule has 3 nitrogen and oxygen atoms in total. The summed E-state index contributed by atoms with van der Waals surface area (Å²) < 4.78 is 6.20. The van der Waals surface area contributed by atoms with Crippen molar-refractivity contribution in [1.82, 2.24) is 9.97 Å². The Balaban J connectivity index is 1.77. The summed E-state index contributed by atoms with van der Waals surface area (Å²) in [5.41, 5.74) is 9.38. The van der Waals surface area contributed by atoms with Crippen LogP contribution in [0.3, 0.4) is 0 Å². The summed E-state index contributed by atoms with van der Waals surface area (Å²) >= 11 is 0. The highest BCUT2D eigenvalue weighted by Crippen LogP contribution is 2.39. The second-order valence-corrected chi connectivity index (χ2v) is 7.30. The van der Waals surface area contributed by atoms with Crippen LogP contribution in [0, 0.1) is 20.8 Å². The van der Waals surface area contributed by atoms with E-state index in [2.05, 4.69) is 68.2 Å². The average Bonchev–Trinajstić information content (AvgIpc) is 3.08. The van der Waals surface area contributed by atoms with E-state index in [4.69, 9.17) is 9.40 Å². The Morgan fingerprint density at radius 3 is 2.39 bits per heavy atom. The van der Waals surface area contributed by atoms with Crippen molar-refractivity contribution in [2.24, 2.45) is 0 Å². The third kappa shape index (κ3) is 2.51. The van der Waals surface area contributed by atoms with Crippen molar-refractivity contribution < 1.29 is 4.42 Å². The van der Waals surface area contributed by atoms with Crippen molar-refractivity contribution in [2.45, 2.75) is 20.8 Å². The van der Waals surface area contributed by atoms with Crippen LogP contribution < -0.4 is 0 Å². The van der Waals surface area contributed by atoms with Gasteiger partial charge in [-0.15, -0.1) is 0 Å². The number of furan rings is 1. The molecule has 5 rings (SSSR count). The van der Waals surface area contributed by atoms with Gasteiger partial charge in [0.05, 0.1) is 5.69 Å². The van der Waals surface area contributed by atoms with Crippen molar-refractivity contribution in [3.63, 3.8) is 0 Å². The smallest absolute Gasteiger partial charge is 0.227 e. The van der Waals surface area contributed by atoms with Gasteiger partial charge in [0.15, 0.2) is 0 Å². The maximum Gasteiger partial charge on any atom is 0.227 e. The topological polar surface area (TPSA) is 38.9 Å². The van der Waals surface area contributed by atoms with Crippen LogP contribution in [-0.2, 0) is 0 Å². The Morgan fingerprint density at radius 2 is 1.61 bits per heavy atom. The molecule has 0 fully saturated rings. The predicted molar refractivity (Wildman–Crippen MR) is 114 cm³/mol. The molecule has 5 aromatic rings. The molecule has 0 saturated heterocycles. The van der Waals surface area contributed by atoms with Crippen LogP contribution in [0.25, 0.3) is 44.5 Å². The summed E-state index contributed by atoms with van der Waals surface area (Å²) in [6, 6.07) is 18.7. The van der Waals surface area contributed by atoms with Gasteiger partial charge in [-0.2, -0.15) is 0 Å². The van der Waals surface area contributed by atoms with E-state index in [1.54, 1.807) is 6.20 Å². The molecule has 0 amide bonds.